The summed E-state index contributed by atoms with van der Waals surface area (Å²) in [7, 11) is 1.33. The summed E-state index contributed by atoms with van der Waals surface area (Å²) < 4.78 is 0. The summed E-state index contributed by atoms with van der Waals surface area (Å²) in [6.07, 6.45) is 0. The van der Waals surface area contributed by atoms with Gasteiger partial charge in [-0.2, -0.15) is 0 Å². The topological polar surface area (TPSA) is 0 Å². The Balaban J connectivity index is 3.13. The molecule has 0 amide bonds. The molecule has 1 aromatic heterocycles. The maximum atomic E-state index is 2.10. The van der Waals surface area contributed by atoms with Crippen LogP contribution in [0.4, 0.5) is 0 Å². The monoisotopic (exact) mass is 83.0 g/mol. The molecule has 0 fully saturated rings. The molecule has 0 aromatic carbocycles. The highest BCUT2D eigenvalue weighted by atomic mass is 31.0. The predicted molar refractivity (Wildman–Crippen MR) is 24.5 cm³/mol. The van der Waals surface area contributed by atoms with Crippen molar-refractivity contribution in [3.8, 4) is 0 Å². The van der Waals surface area contributed by atoms with E-state index in [2.05, 4.69) is 11.6 Å². The van der Waals surface area contributed by atoms with E-state index in [0.29, 0.717) is 0 Å². The van der Waals surface area contributed by atoms with Crippen LogP contribution in [0.2, 0.25) is 0 Å². The van der Waals surface area contributed by atoms with Gasteiger partial charge in [0.15, 0.2) is 0 Å². The van der Waals surface area contributed by atoms with E-state index in [0.717, 1.165) is 0 Å². The zero-order chi connectivity index (χ0) is 3.54. The van der Waals surface area contributed by atoms with Gasteiger partial charge in [-0.25, -0.2) is 11.6 Å². The highest BCUT2D eigenvalue weighted by Gasteiger charge is 1.42. The Morgan fingerprint density at radius 3 is 1.80 bits per heavy atom. The Hall–Kier alpha value is -0.220. The van der Waals surface area contributed by atoms with Crippen LogP contribution in [0.3, 0.4) is 0 Å². The van der Waals surface area contributed by atoms with Gasteiger partial charge in [-0.05, 0) is 0 Å². The van der Waals surface area contributed by atoms with Crippen LogP contribution >= 0.6 is 8.19 Å². The fourth-order valence-corrected chi connectivity index (χ4v) is 0.745. The second-order valence-electron chi connectivity index (χ2n) is 0.832. The maximum absolute atomic E-state index is 2.10. The molecule has 1 heterocycles. The fraction of sp³-hybridized carbons (Fsp3) is 0. The molecule has 0 aliphatic heterocycles. The number of hydrogen-bond donors (Lipinski definition) is 0. The minimum absolute atomic E-state index is 1.33. The zero-order valence-corrected chi connectivity index (χ0v) is 3.65. The molecule has 0 radical (unpaired) electrons. The molecule has 26 valence electrons. The molecule has 0 saturated carbocycles. The van der Waals surface area contributed by atoms with Gasteiger partial charge in [0.05, 0.1) is 0 Å². The normalized spacial score (nSPS) is 8.00. The molecule has 1 heteroatoms. The first-order valence-electron chi connectivity index (χ1n) is 1.52. The van der Waals surface area contributed by atoms with Crippen molar-refractivity contribution < 1.29 is 0 Å². The zero-order valence-electron chi connectivity index (χ0n) is 2.76. The van der Waals surface area contributed by atoms with Crippen LogP contribution < -0.4 is 0 Å². The van der Waals surface area contributed by atoms with Crippen molar-refractivity contribution in [3.63, 3.8) is 0 Å². The van der Waals surface area contributed by atoms with Crippen molar-refractivity contribution in [3.05, 3.63) is 23.7 Å². The van der Waals surface area contributed by atoms with Gasteiger partial charge >= 0.3 is 0 Å². The Kier molecular flexibility index (Phi) is 0.764. The first kappa shape index (κ1) is 2.99. The van der Waals surface area contributed by atoms with Crippen molar-refractivity contribution in [1.29, 1.82) is 0 Å². The van der Waals surface area contributed by atoms with Crippen LogP contribution in [0.25, 0.3) is 0 Å². The highest BCUT2D eigenvalue weighted by molar-refractivity contribution is 7.28. The van der Waals surface area contributed by atoms with Crippen LogP contribution in [-0.2, 0) is 0 Å². The lowest BCUT2D eigenvalue weighted by Crippen LogP contribution is -1.16. The standard InChI is InChI=1S/C4H4P/c1-2-4-5-3-1/h1-4H/q-1. The average molecular weight is 83.0 g/mol. The summed E-state index contributed by atoms with van der Waals surface area (Å²) >= 11 is 0. The van der Waals surface area contributed by atoms with Gasteiger partial charge in [-0.15, -0.1) is 0 Å². The molecule has 0 unspecified atom stereocenters. The summed E-state index contributed by atoms with van der Waals surface area (Å²) in [4.78, 5) is 0. The third kappa shape index (κ3) is 0.524. The second-order valence-corrected chi connectivity index (χ2v) is 1.73. The summed E-state index contributed by atoms with van der Waals surface area (Å²) in [6.45, 7) is 0. The van der Waals surface area contributed by atoms with Gasteiger partial charge in [0, 0.05) is 0 Å². The lowest BCUT2D eigenvalue weighted by molar-refractivity contribution is 2.03. The molecule has 0 aliphatic carbocycles. The largest absolute Gasteiger partial charge is 0.531 e. The number of hydrogen-bond acceptors (Lipinski definition) is 0. The second kappa shape index (κ2) is 1.28. The van der Waals surface area contributed by atoms with E-state index in [1.807, 2.05) is 12.1 Å². The van der Waals surface area contributed by atoms with Crippen molar-refractivity contribution in [2.24, 2.45) is 0 Å². The van der Waals surface area contributed by atoms with Gasteiger partial charge in [-0.3, -0.25) is 0 Å². The lowest BCUT2D eigenvalue weighted by atomic mass is 10.7. The molecule has 0 saturated heterocycles. The van der Waals surface area contributed by atoms with Gasteiger partial charge < -0.3 is 8.19 Å². The highest BCUT2D eigenvalue weighted by Crippen LogP contribution is 1.99. The van der Waals surface area contributed by atoms with E-state index in [9.17, 15) is 0 Å². The minimum atomic E-state index is 1.33. The Morgan fingerprint density at radius 1 is 1.00 bits per heavy atom. The van der Waals surface area contributed by atoms with Crippen molar-refractivity contribution in [1.82, 2.24) is 0 Å². The van der Waals surface area contributed by atoms with E-state index >= 15 is 0 Å². The molecule has 0 spiro atoms. The van der Waals surface area contributed by atoms with Gasteiger partial charge in [0.2, 0.25) is 0 Å². The van der Waals surface area contributed by atoms with Crippen LogP contribution in [0, 0.1) is 0 Å². The molecule has 0 N–H and O–H groups in total. The van der Waals surface area contributed by atoms with Crippen molar-refractivity contribution in [2.45, 2.75) is 0 Å². The predicted octanol–water partition coefficient (Wildman–Crippen LogP) is 1.99. The first-order valence-corrected chi connectivity index (χ1v) is 2.55. The van der Waals surface area contributed by atoms with Crippen molar-refractivity contribution >= 4 is 8.19 Å². The smallest absolute Gasteiger partial charge is 0.0962 e. The molecule has 0 bridgehead atoms. The van der Waals surface area contributed by atoms with E-state index in [-0.39, 0.29) is 0 Å². The average Bonchev–Trinajstić information content (AvgIpc) is 1.76. The van der Waals surface area contributed by atoms with Crippen LogP contribution in [-0.4, -0.2) is 0 Å². The maximum Gasteiger partial charge on any atom is -0.0962 e. The Bertz CT molecular complexity index is 60.1. The number of rotatable bonds is 0. The summed E-state index contributed by atoms with van der Waals surface area (Å²) in [6, 6.07) is 4.09. The third-order valence-corrected chi connectivity index (χ3v) is 1.14. The lowest BCUT2D eigenvalue weighted by Gasteiger charge is -1.67. The Morgan fingerprint density at radius 2 is 1.60 bits per heavy atom. The van der Waals surface area contributed by atoms with Gasteiger partial charge in [0.1, 0.15) is 0 Å². The fourth-order valence-electron chi connectivity index (χ4n) is 0.248. The van der Waals surface area contributed by atoms with Crippen LogP contribution in [0.1, 0.15) is 0 Å². The first-order chi connectivity index (χ1) is 2.50. The van der Waals surface area contributed by atoms with Crippen LogP contribution in [0.5, 0.6) is 0 Å². The molecule has 5 heavy (non-hydrogen) atoms. The van der Waals surface area contributed by atoms with Crippen molar-refractivity contribution in [2.75, 3.05) is 0 Å². The molecular formula is C4H4P-. The molecule has 1 aromatic rings. The Labute approximate surface area is 32.9 Å². The molecule has 0 nitrogen and oxygen atoms in total. The molecule has 0 atom stereocenters. The quantitative estimate of drug-likeness (QED) is 0.450. The van der Waals surface area contributed by atoms with E-state index in [1.54, 1.807) is 0 Å². The van der Waals surface area contributed by atoms with E-state index in [1.165, 1.54) is 8.19 Å². The third-order valence-electron chi connectivity index (χ3n) is 0.455. The summed E-state index contributed by atoms with van der Waals surface area (Å²) in [5.74, 6) is 4.19. The van der Waals surface area contributed by atoms with Crippen LogP contribution in [0.15, 0.2) is 23.7 Å². The SMILES string of the molecule is c1cc[p-]c1. The molecule has 0 aliphatic rings. The van der Waals surface area contributed by atoms with E-state index in [4.69, 9.17) is 0 Å². The van der Waals surface area contributed by atoms with Gasteiger partial charge in [-0.1, -0.05) is 12.1 Å². The summed E-state index contributed by atoms with van der Waals surface area (Å²) in [5.41, 5.74) is 0. The van der Waals surface area contributed by atoms with E-state index < -0.39 is 0 Å². The summed E-state index contributed by atoms with van der Waals surface area (Å²) in [5, 5.41) is 0. The minimum Gasteiger partial charge on any atom is -0.531 e. The molecule has 1 rings (SSSR count). The van der Waals surface area contributed by atoms with Gasteiger partial charge in [0.25, 0.3) is 0 Å². The molecular weight excluding hydrogens is 79.0 g/mol.